The Bertz CT molecular complexity index is 638. The number of nitrogens with zero attached hydrogens (tertiary/aromatic N) is 1. The second-order valence-electron chi connectivity index (χ2n) is 7.06. The average Bonchev–Trinajstić information content (AvgIpc) is 3.45. The maximum Gasteiger partial charge on any atom is 0.223 e. The highest BCUT2D eigenvalue weighted by Gasteiger charge is 2.26. The first kappa shape index (κ1) is 18.0. The molecule has 2 fully saturated rings. The van der Waals surface area contributed by atoms with Gasteiger partial charge in [-0.2, -0.15) is 0 Å². The minimum Gasteiger partial charge on any atom is -0.343 e. The molecule has 1 saturated carbocycles. The van der Waals surface area contributed by atoms with Crippen LogP contribution in [0.4, 0.5) is 8.78 Å². The summed E-state index contributed by atoms with van der Waals surface area (Å²) >= 11 is 0. The zero-order valence-electron chi connectivity index (χ0n) is 14.3. The molecule has 1 aliphatic heterocycles. The molecule has 0 bridgehead atoms. The first-order chi connectivity index (χ1) is 12.0. The molecule has 1 amide bonds. The molecule has 0 radical (unpaired) electrons. The number of rotatable bonds is 7. The second-order valence-corrected chi connectivity index (χ2v) is 7.06. The zero-order chi connectivity index (χ0) is 17.8. The molecular formula is C19H24F2N2O2. The molecule has 25 heavy (non-hydrogen) atoms. The van der Waals surface area contributed by atoms with Crippen molar-refractivity contribution in [1.82, 2.24) is 10.2 Å². The van der Waals surface area contributed by atoms with Crippen LogP contribution >= 0.6 is 0 Å². The molecule has 0 atom stereocenters. The Hall–Kier alpha value is -1.82. The number of amides is 1. The van der Waals surface area contributed by atoms with Gasteiger partial charge in [-0.3, -0.25) is 9.59 Å². The topological polar surface area (TPSA) is 49.4 Å². The molecule has 136 valence electrons. The van der Waals surface area contributed by atoms with Crippen molar-refractivity contribution < 1.29 is 18.4 Å². The quantitative estimate of drug-likeness (QED) is 0.769. The van der Waals surface area contributed by atoms with Crippen LogP contribution in [0.1, 0.15) is 48.9 Å². The molecule has 1 heterocycles. The van der Waals surface area contributed by atoms with Gasteiger partial charge >= 0.3 is 0 Å². The lowest BCUT2D eigenvalue weighted by Crippen LogP contribution is -2.45. The summed E-state index contributed by atoms with van der Waals surface area (Å²) in [5.74, 6) is -1.56. The number of carbonyl (C=O) groups excluding carboxylic acids is 2. The Morgan fingerprint density at radius 1 is 1.04 bits per heavy atom. The maximum absolute atomic E-state index is 13.2. The van der Waals surface area contributed by atoms with Crippen molar-refractivity contribution in [2.45, 2.75) is 44.6 Å². The van der Waals surface area contributed by atoms with Crippen molar-refractivity contribution >= 4 is 11.7 Å². The van der Waals surface area contributed by atoms with E-state index >= 15 is 0 Å². The SMILES string of the molecule is O=C(CCC(=O)N1CCC(NCC2CC2)CC1)c1ccc(F)c(F)c1. The standard InChI is InChI=1S/C19H24F2N2O2/c20-16-4-3-14(11-17(16)21)18(24)5-6-19(25)23-9-7-15(8-10-23)22-12-13-1-2-13/h3-4,11,13,15,22H,1-2,5-10,12H2. The fourth-order valence-electron chi connectivity index (χ4n) is 3.18. The predicted molar refractivity (Wildman–Crippen MR) is 90.3 cm³/mol. The second kappa shape index (κ2) is 8.04. The first-order valence-corrected chi connectivity index (χ1v) is 9.02. The van der Waals surface area contributed by atoms with Gasteiger partial charge < -0.3 is 10.2 Å². The van der Waals surface area contributed by atoms with E-state index in [-0.39, 0.29) is 30.1 Å². The molecule has 1 aromatic carbocycles. The molecule has 6 heteroatoms. The van der Waals surface area contributed by atoms with Gasteiger partial charge in [0.25, 0.3) is 0 Å². The van der Waals surface area contributed by atoms with Crippen molar-refractivity contribution in [2.75, 3.05) is 19.6 Å². The van der Waals surface area contributed by atoms with E-state index in [0.717, 1.165) is 37.4 Å². The summed E-state index contributed by atoms with van der Waals surface area (Å²) in [6.07, 6.45) is 4.67. The van der Waals surface area contributed by atoms with E-state index < -0.39 is 11.6 Å². The van der Waals surface area contributed by atoms with Gasteiger partial charge in [-0.15, -0.1) is 0 Å². The van der Waals surface area contributed by atoms with Gasteiger partial charge in [0.2, 0.25) is 5.91 Å². The predicted octanol–water partition coefficient (Wildman–Crippen LogP) is 2.92. The largest absolute Gasteiger partial charge is 0.343 e. The summed E-state index contributed by atoms with van der Waals surface area (Å²) in [4.78, 5) is 26.1. The van der Waals surface area contributed by atoms with Crippen LogP contribution in [0.15, 0.2) is 18.2 Å². The molecule has 2 aliphatic rings. The molecule has 1 saturated heterocycles. The number of carbonyl (C=O) groups is 2. The van der Waals surface area contributed by atoms with Crippen LogP contribution in [-0.4, -0.2) is 42.3 Å². The third-order valence-corrected chi connectivity index (χ3v) is 5.05. The van der Waals surface area contributed by atoms with E-state index in [2.05, 4.69) is 5.32 Å². The number of likely N-dealkylation sites (tertiary alicyclic amines) is 1. The van der Waals surface area contributed by atoms with Crippen molar-refractivity contribution in [1.29, 1.82) is 0 Å². The number of hydrogen-bond acceptors (Lipinski definition) is 3. The lowest BCUT2D eigenvalue weighted by Gasteiger charge is -2.32. The summed E-state index contributed by atoms with van der Waals surface area (Å²) in [6.45, 7) is 2.50. The van der Waals surface area contributed by atoms with E-state index in [1.54, 1.807) is 4.90 Å². The first-order valence-electron chi connectivity index (χ1n) is 9.02. The number of benzene rings is 1. The molecule has 4 nitrogen and oxygen atoms in total. The Kier molecular flexibility index (Phi) is 5.78. The lowest BCUT2D eigenvalue weighted by atomic mass is 10.0. The number of nitrogens with one attached hydrogen (secondary N) is 1. The van der Waals surface area contributed by atoms with Crippen molar-refractivity contribution in [2.24, 2.45) is 5.92 Å². The zero-order valence-corrected chi connectivity index (χ0v) is 14.3. The Morgan fingerprint density at radius 3 is 2.40 bits per heavy atom. The van der Waals surface area contributed by atoms with Gasteiger partial charge in [0.1, 0.15) is 0 Å². The van der Waals surface area contributed by atoms with Gasteiger partial charge in [-0.05, 0) is 56.3 Å². The van der Waals surface area contributed by atoms with Crippen LogP contribution in [0.5, 0.6) is 0 Å². The normalized spacial score (nSPS) is 18.4. The molecule has 1 aliphatic carbocycles. The van der Waals surface area contributed by atoms with Crippen molar-refractivity contribution in [3.05, 3.63) is 35.4 Å². The smallest absolute Gasteiger partial charge is 0.223 e. The third-order valence-electron chi connectivity index (χ3n) is 5.05. The van der Waals surface area contributed by atoms with Gasteiger partial charge in [-0.25, -0.2) is 8.78 Å². The lowest BCUT2D eigenvalue weighted by molar-refractivity contribution is -0.132. The van der Waals surface area contributed by atoms with Crippen LogP contribution in [-0.2, 0) is 4.79 Å². The fourth-order valence-corrected chi connectivity index (χ4v) is 3.18. The van der Waals surface area contributed by atoms with E-state index in [0.29, 0.717) is 19.1 Å². The summed E-state index contributed by atoms with van der Waals surface area (Å²) < 4.78 is 26.1. The molecule has 0 aromatic heterocycles. The number of hydrogen-bond donors (Lipinski definition) is 1. The Morgan fingerprint density at radius 2 is 1.76 bits per heavy atom. The van der Waals surface area contributed by atoms with Gasteiger partial charge in [-0.1, -0.05) is 0 Å². The van der Waals surface area contributed by atoms with E-state index in [4.69, 9.17) is 0 Å². The van der Waals surface area contributed by atoms with Crippen LogP contribution in [0, 0.1) is 17.6 Å². The highest BCUT2D eigenvalue weighted by molar-refractivity contribution is 5.97. The number of ketones is 1. The monoisotopic (exact) mass is 350 g/mol. The summed E-state index contributed by atoms with van der Waals surface area (Å²) in [5.41, 5.74) is 0.106. The molecule has 0 unspecified atom stereocenters. The molecule has 1 N–H and O–H groups in total. The molecule has 1 aromatic rings. The number of piperidine rings is 1. The molecule has 3 rings (SSSR count). The van der Waals surface area contributed by atoms with Gasteiger partial charge in [0, 0.05) is 37.5 Å². The van der Waals surface area contributed by atoms with E-state index in [1.165, 1.54) is 18.9 Å². The van der Waals surface area contributed by atoms with Crippen molar-refractivity contribution in [3.8, 4) is 0 Å². The van der Waals surface area contributed by atoms with Gasteiger partial charge in [0.05, 0.1) is 0 Å². The number of halogens is 2. The van der Waals surface area contributed by atoms with E-state index in [9.17, 15) is 18.4 Å². The third kappa shape index (κ3) is 5.08. The van der Waals surface area contributed by atoms with Crippen LogP contribution < -0.4 is 5.32 Å². The van der Waals surface area contributed by atoms with Crippen LogP contribution in [0.25, 0.3) is 0 Å². The Balaban J connectivity index is 1.40. The fraction of sp³-hybridized carbons (Fsp3) is 0.579. The number of Topliss-reactive ketones (excluding diaryl/α,β-unsaturated/α-hetero) is 1. The average molecular weight is 350 g/mol. The summed E-state index contributed by atoms with van der Waals surface area (Å²) in [6, 6.07) is 3.55. The van der Waals surface area contributed by atoms with Crippen LogP contribution in [0.2, 0.25) is 0 Å². The minimum atomic E-state index is -1.04. The molecular weight excluding hydrogens is 326 g/mol. The minimum absolute atomic E-state index is 0.0176. The molecule has 0 spiro atoms. The summed E-state index contributed by atoms with van der Waals surface area (Å²) in [5, 5.41) is 3.57. The maximum atomic E-state index is 13.2. The van der Waals surface area contributed by atoms with Crippen LogP contribution in [0.3, 0.4) is 0 Å². The highest BCUT2D eigenvalue weighted by atomic mass is 19.2. The van der Waals surface area contributed by atoms with Gasteiger partial charge in [0.15, 0.2) is 17.4 Å². The van der Waals surface area contributed by atoms with Crippen molar-refractivity contribution in [3.63, 3.8) is 0 Å². The summed E-state index contributed by atoms with van der Waals surface area (Å²) in [7, 11) is 0. The van der Waals surface area contributed by atoms with E-state index in [1.807, 2.05) is 0 Å². The Labute approximate surface area is 146 Å². The highest BCUT2D eigenvalue weighted by Crippen LogP contribution is 2.28.